The van der Waals surface area contributed by atoms with Gasteiger partial charge in [-0.05, 0) is 84.4 Å². The lowest BCUT2D eigenvalue weighted by Crippen LogP contribution is -2.30. The Morgan fingerprint density at radius 2 is 1.31 bits per heavy atom. The van der Waals surface area contributed by atoms with Gasteiger partial charge >= 0.3 is 0 Å². The van der Waals surface area contributed by atoms with Crippen molar-refractivity contribution < 1.29 is 28.7 Å². The van der Waals surface area contributed by atoms with Crippen LogP contribution in [0.1, 0.15) is 22.8 Å². The maximum absolute atomic E-state index is 13.4. The Labute approximate surface area is 265 Å². The van der Waals surface area contributed by atoms with Crippen molar-refractivity contribution in [3.8, 4) is 11.5 Å². The highest BCUT2D eigenvalue weighted by Gasteiger charge is 2.16. The number of benzene rings is 4. The zero-order valence-corrected chi connectivity index (χ0v) is 25.7. The molecule has 0 bridgehead atoms. The fourth-order valence-electron chi connectivity index (χ4n) is 4.07. The van der Waals surface area contributed by atoms with Gasteiger partial charge in [0.25, 0.3) is 11.8 Å². The number of nitrogens with one attached hydrogen (secondary N) is 4. The standard InChI is InChI=1S/C34H32N4O6S/c1-22(39)35-25-10-12-26(13-11-25)36-32(40)21-45-28-16-14-27(15-17-28)37-34(42)29(38-33(41)24-7-5-4-6-8-24)19-23-9-18-30(43-2)31(20-23)44-3/h4-20H,21H2,1-3H3,(H,35,39)(H,36,40)(H,37,42)(H,38,41)/b29-19-. The average Bonchev–Trinajstić information content (AvgIpc) is 3.05. The van der Waals surface area contributed by atoms with Crippen LogP contribution >= 0.6 is 11.8 Å². The summed E-state index contributed by atoms with van der Waals surface area (Å²) in [6.45, 7) is 1.43. The van der Waals surface area contributed by atoms with Crippen molar-refractivity contribution in [2.45, 2.75) is 11.8 Å². The molecule has 4 N–H and O–H groups in total. The second-order valence-corrected chi connectivity index (χ2v) is 10.6. The molecular formula is C34H32N4O6S. The minimum Gasteiger partial charge on any atom is -0.493 e. The van der Waals surface area contributed by atoms with E-state index >= 15 is 0 Å². The van der Waals surface area contributed by atoms with Gasteiger partial charge in [0.15, 0.2) is 11.5 Å². The summed E-state index contributed by atoms with van der Waals surface area (Å²) in [6.07, 6.45) is 1.55. The number of anilines is 3. The van der Waals surface area contributed by atoms with Crippen molar-refractivity contribution in [3.05, 3.63) is 114 Å². The van der Waals surface area contributed by atoms with Crippen LogP contribution in [0.4, 0.5) is 17.1 Å². The number of hydrogen-bond acceptors (Lipinski definition) is 7. The van der Waals surface area contributed by atoms with Gasteiger partial charge in [0.05, 0.1) is 20.0 Å². The Hall–Kier alpha value is -5.55. The van der Waals surface area contributed by atoms with Gasteiger partial charge in [0.2, 0.25) is 11.8 Å². The highest BCUT2D eigenvalue weighted by molar-refractivity contribution is 8.00. The lowest BCUT2D eigenvalue weighted by atomic mass is 10.1. The van der Waals surface area contributed by atoms with Gasteiger partial charge in [0.1, 0.15) is 5.70 Å². The van der Waals surface area contributed by atoms with E-state index in [1.54, 1.807) is 103 Å². The summed E-state index contributed by atoms with van der Waals surface area (Å²) in [7, 11) is 3.04. The Bertz CT molecular complexity index is 1690. The van der Waals surface area contributed by atoms with Gasteiger partial charge in [-0.15, -0.1) is 11.8 Å². The Morgan fingerprint density at radius 1 is 0.711 bits per heavy atom. The Balaban J connectivity index is 1.40. The molecule has 0 aliphatic rings. The van der Waals surface area contributed by atoms with E-state index in [9.17, 15) is 19.2 Å². The summed E-state index contributed by atoms with van der Waals surface area (Å²) in [5.41, 5.74) is 2.79. The number of amides is 4. The van der Waals surface area contributed by atoms with Gasteiger partial charge in [-0.2, -0.15) is 0 Å². The molecule has 0 atom stereocenters. The maximum Gasteiger partial charge on any atom is 0.272 e. The molecular weight excluding hydrogens is 592 g/mol. The van der Waals surface area contributed by atoms with Gasteiger partial charge in [0, 0.05) is 34.4 Å². The number of thioether (sulfide) groups is 1. The number of methoxy groups -OCH3 is 2. The number of rotatable bonds is 12. The van der Waals surface area contributed by atoms with E-state index in [1.807, 2.05) is 0 Å². The maximum atomic E-state index is 13.4. The summed E-state index contributed by atoms with van der Waals surface area (Å²) >= 11 is 1.34. The second-order valence-electron chi connectivity index (χ2n) is 9.57. The SMILES string of the molecule is COc1ccc(/C=C(\NC(=O)c2ccccc2)C(=O)Nc2ccc(SCC(=O)Nc3ccc(NC(C)=O)cc3)cc2)cc1OC. The molecule has 0 aromatic heterocycles. The number of carbonyl (C=O) groups is 4. The largest absolute Gasteiger partial charge is 0.493 e. The number of carbonyl (C=O) groups excluding carboxylic acids is 4. The van der Waals surface area contributed by atoms with Gasteiger partial charge in [-0.25, -0.2) is 0 Å². The summed E-state index contributed by atoms with van der Waals surface area (Å²) in [4.78, 5) is 50.7. The molecule has 0 heterocycles. The van der Waals surface area contributed by atoms with Crippen molar-refractivity contribution >= 4 is 58.5 Å². The van der Waals surface area contributed by atoms with Gasteiger partial charge in [-0.3, -0.25) is 19.2 Å². The summed E-state index contributed by atoms with van der Waals surface area (Å²) in [5, 5.41) is 11.0. The van der Waals surface area contributed by atoms with Crippen LogP contribution in [-0.2, 0) is 14.4 Å². The monoisotopic (exact) mass is 624 g/mol. The molecule has 0 saturated heterocycles. The normalized spacial score (nSPS) is 10.8. The van der Waals surface area contributed by atoms with E-state index in [2.05, 4.69) is 21.3 Å². The molecule has 0 spiro atoms. The molecule has 11 heteroatoms. The molecule has 0 aliphatic heterocycles. The van der Waals surface area contributed by atoms with E-state index in [0.717, 1.165) is 4.90 Å². The summed E-state index contributed by atoms with van der Waals surface area (Å²) in [5.74, 6) is -0.157. The first kappa shape index (κ1) is 32.4. The molecule has 0 fully saturated rings. The van der Waals surface area contributed by atoms with Gasteiger partial charge < -0.3 is 30.7 Å². The lowest BCUT2D eigenvalue weighted by molar-refractivity contribution is -0.114. The zero-order chi connectivity index (χ0) is 32.2. The molecule has 4 aromatic carbocycles. The molecule has 230 valence electrons. The highest BCUT2D eigenvalue weighted by atomic mass is 32.2. The number of hydrogen-bond donors (Lipinski definition) is 4. The minimum atomic E-state index is -0.529. The van der Waals surface area contributed by atoms with Crippen molar-refractivity contribution in [1.29, 1.82) is 0 Å². The predicted molar refractivity (Wildman–Crippen MR) is 177 cm³/mol. The van der Waals surface area contributed by atoms with E-state index in [1.165, 1.54) is 32.9 Å². The van der Waals surface area contributed by atoms with Crippen molar-refractivity contribution in [1.82, 2.24) is 5.32 Å². The summed E-state index contributed by atoms with van der Waals surface area (Å²) < 4.78 is 10.7. The van der Waals surface area contributed by atoms with E-state index in [-0.39, 0.29) is 23.3 Å². The Kier molecular flexibility index (Phi) is 11.4. The van der Waals surface area contributed by atoms with Crippen molar-refractivity contribution in [2.24, 2.45) is 0 Å². The van der Waals surface area contributed by atoms with Crippen LogP contribution in [-0.4, -0.2) is 43.6 Å². The third-order valence-electron chi connectivity index (χ3n) is 6.22. The van der Waals surface area contributed by atoms with Crippen LogP contribution in [0, 0.1) is 0 Å². The zero-order valence-electron chi connectivity index (χ0n) is 24.9. The smallest absolute Gasteiger partial charge is 0.272 e. The quantitative estimate of drug-likeness (QED) is 0.116. The van der Waals surface area contributed by atoms with Crippen LogP contribution in [0.2, 0.25) is 0 Å². The van der Waals surface area contributed by atoms with Crippen LogP contribution in [0.3, 0.4) is 0 Å². The van der Waals surface area contributed by atoms with Crippen LogP contribution in [0.5, 0.6) is 11.5 Å². The molecule has 10 nitrogen and oxygen atoms in total. The van der Waals surface area contributed by atoms with E-state index < -0.39 is 11.8 Å². The predicted octanol–water partition coefficient (Wildman–Crippen LogP) is 5.80. The molecule has 0 saturated carbocycles. The fourth-order valence-corrected chi connectivity index (χ4v) is 4.77. The first-order chi connectivity index (χ1) is 21.7. The van der Waals surface area contributed by atoms with Crippen LogP contribution < -0.4 is 30.7 Å². The molecule has 4 rings (SSSR count). The minimum absolute atomic E-state index is 0.0244. The first-order valence-electron chi connectivity index (χ1n) is 13.8. The van der Waals surface area contributed by atoms with Gasteiger partial charge in [-0.1, -0.05) is 24.3 Å². The molecule has 0 unspecified atom stereocenters. The molecule has 4 amide bonds. The fraction of sp³-hybridized carbons (Fsp3) is 0.118. The highest BCUT2D eigenvalue weighted by Crippen LogP contribution is 2.28. The lowest BCUT2D eigenvalue weighted by Gasteiger charge is -2.13. The molecule has 4 aromatic rings. The van der Waals surface area contributed by atoms with E-state index in [0.29, 0.717) is 39.7 Å². The molecule has 45 heavy (non-hydrogen) atoms. The van der Waals surface area contributed by atoms with Crippen LogP contribution in [0.15, 0.2) is 108 Å². The Morgan fingerprint density at radius 3 is 1.93 bits per heavy atom. The van der Waals surface area contributed by atoms with Crippen molar-refractivity contribution in [3.63, 3.8) is 0 Å². The summed E-state index contributed by atoms with van der Waals surface area (Å²) in [6, 6.07) is 27.6. The number of ether oxygens (including phenoxy) is 2. The third-order valence-corrected chi connectivity index (χ3v) is 7.23. The third kappa shape index (κ3) is 9.73. The average molecular weight is 625 g/mol. The molecule has 0 radical (unpaired) electrons. The molecule has 0 aliphatic carbocycles. The van der Waals surface area contributed by atoms with Crippen molar-refractivity contribution in [2.75, 3.05) is 35.9 Å². The second kappa shape index (κ2) is 15.8. The topological polar surface area (TPSA) is 135 Å². The van der Waals surface area contributed by atoms with E-state index in [4.69, 9.17) is 9.47 Å². The van der Waals surface area contributed by atoms with Crippen LogP contribution in [0.25, 0.3) is 6.08 Å². The first-order valence-corrected chi connectivity index (χ1v) is 14.7.